The summed E-state index contributed by atoms with van der Waals surface area (Å²) in [6.07, 6.45) is 0. The number of furan rings is 1. The number of benzene rings is 2. The molecule has 0 saturated heterocycles. The van der Waals surface area contributed by atoms with Crippen molar-refractivity contribution in [1.82, 2.24) is 0 Å². The SMILES string of the molecule is Cc1ccc(C(=O)c2cc3cc(Br)cc(Br)c3o2)cc1. The van der Waals surface area contributed by atoms with Crippen LogP contribution in [0.3, 0.4) is 0 Å². The maximum absolute atomic E-state index is 12.4. The molecule has 0 spiro atoms. The molecule has 1 heterocycles. The number of carbonyl (C=O) groups is 1. The van der Waals surface area contributed by atoms with Gasteiger partial charge in [-0.25, -0.2) is 0 Å². The molecule has 0 aliphatic heterocycles. The van der Waals surface area contributed by atoms with Crippen LogP contribution in [0.4, 0.5) is 0 Å². The second-order valence-corrected chi connectivity index (χ2v) is 6.38. The average molecular weight is 394 g/mol. The molecule has 20 heavy (non-hydrogen) atoms. The highest BCUT2D eigenvalue weighted by Crippen LogP contribution is 2.31. The van der Waals surface area contributed by atoms with Crippen molar-refractivity contribution < 1.29 is 9.21 Å². The summed E-state index contributed by atoms with van der Waals surface area (Å²) in [5.74, 6) is 0.242. The lowest BCUT2D eigenvalue weighted by Crippen LogP contribution is -1.98. The molecular weight excluding hydrogens is 384 g/mol. The maximum atomic E-state index is 12.4. The molecule has 3 aromatic rings. The molecule has 0 aliphatic rings. The number of rotatable bonds is 2. The Balaban J connectivity index is 2.08. The molecule has 2 aromatic carbocycles. The molecule has 0 unspecified atom stereocenters. The number of ketones is 1. The van der Waals surface area contributed by atoms with Crippen molar-refractivity contribution in [2.75, 3.05) is 0 Å². The third-order valence-corrected chi connectivity index (χ3v) is 4.12. The molecule has 0 aliphatic carbocycles. The third-order valence-electron chi connectivity index (χ3n) is 3.07. The first-order valence-corrected chi connectivity index (χ1v) is 7.63. The quantitative estimate of drug-likeness (QED) is 0.538. The normalized spacial score (nSPS) is 10.9. The molecule has 100 valence electrons. The minimum atomic E-state index is -0.107. The number of fused-ring (bicyclic) bond motifs is 1. The van der Waals surface area contributed by atoms with Gasteiger partial charge < -0.3 is 4.42 Å². The van der Waals surface area contributed by atoms with Crippen LogP contribution in [0.25, 0.3) is 11.0 Å². The van der Waals surface area contributed by atoms with E-state index in [0.29, 0.717) is 16.9 Å². The van der Waals surface area contributed by atoms with Crippen LogP contribution < -0.4 is 0 Å². The summed E-state index contributed by atoms with van der Waals surface area (Å²) in [6.45, 7) is 1.99. The second-order valence-electron chi connectivity index (χ2n) is 4.61. The zero-order valence-electron chi connectivity index (χ0n) is 10.6. The van der Waals surface area contributed by atoms with Gasteiger partial charge in [0.25, 0.3) is 0 Å². The third kappa shape index (κ3) is 2.45. The summed E-state index contributed by atoms with van der Waals surface area (Å²) in [6, 6.07) is 13.1. The van der Waals surface area contributed by atoms with Crippen molar-refractivity contribution in [3.05, 3.63) is 68.3 Å². The molecule has 0 atom stereocenters. The summed E-state index contributed by atoms with van der Waals surface area (Å²) in [5, 5.41) is 0.890. The average Bonchev–Trinajstić information content (AvgIpc) is 2.83. The van der Waals surface area contributed by atoms with E-state index in [1.165, 1.54) is 0 Å². The van der Waals surface area contributed by atoms with Crippen molar-refractivity contribution >= 4 is 48.6 Å². The summed E-state index contributed by atoms with van der Waals surface area (Å²) < 4.78 is 7.44. The Morgan fingerprint density at radius 3 is 2.45 bits per heavy atom. The van der Waals surface area contributed by atoms with E-state index < -0.39 is 0 Å². The predicted octanol–water partition coefficient (Wildman–Crippen LogP) is 5.50. The van der Waals surface area contributed by atoms with E-state index in [4.69, 9.17) is 4.42 Å². The van der Waals surface area contributed by atoms with Crippen LogP contribution in [0.5, 0.6) is 0 Å². The molecule has 1 aromatic heterocycles. The number of aryl methyl sites for hydroxylation is 1. The van der Waals surface area contributed by atoms with Crippen LogP contribution in [0.1, 0.15) is 21.7 Å². The summed E-state index contributed by atoms with van der Waals surface area (Å²) in [4.78, 5) is 12.4. The minimum Gasteiger partial charge on any atom is -0.451 e. The lowest BCUT2D eigenvalue weighted by atomic mass is 10.1. The molecule has 4 heteroatoms. The Kier molecular flexibility index (Phi) is 3.52. The molecule has 0 saturated carbocycles. The maximum Gasteiger partial charge on any atom is 0.228 e. The number of halogens is 2. The molecule has 0 fully saturated rings. The predicted molar refractivity (Wildman–Crippen MR) is 86.2 cm³/mol. The zero-order valence-corrected chi connectivity index (χ0v) is 13.8. The van der Waals surface area contributed by atoms with Crippen LogP contribution in [0, 0.1) is 6.92 Å². The molecular formula is C16H10Br2O2. The van der Waals surface area contributed by atoms with Gasteiger partial charge in [0.2, 0.25) is 5.78 Å². The van der Waals surface area contributed by atoms with Crippen molar-refractivity contribution in [3.63, 3.8) is 0 Å². The van der Waals surface area contributed by atoms with Gasteiger partial charge >= 0.3 is 0 Å². The first kappa shape index (κ1) is 13.6. The highest BCUT2D eigenvalue weighted by Gasteiger charge is 2.16. The van der Waals surface area contributed by atoms with E-state index in [1.807, 2.05) is 43.3 Å². The molecule has 0 bridgehead atoms. The van der Waals surface area contributed by atoms with Gasteiger partial charge in [0.15, 0.2) is 5.76 Å². The highest BCUT2D eigenvalue weighted by molar-refractivity contribution is 9.11. The van der Waals surface area contributed by atoms with Gasteiger partial charge in [0.05, 0.1) is 4.47 Å². The largest absolute Gasteiger partial charge is 0.451 e. The Labute approximate surface area is 133 Å². The Hall–Kier alpha value is -1.39. The van der Waals surface area contributed by atoms with Gasteiger partial charge in [0.1, 0.15) is 5.58 Å². The van der Waals surface area contributed by atoms with Crippen molar-refractivity contribution in [2.24, 2.45) is 0 Å². The van der Waals surface area contributed by atoms with E-state index in [9.17, 15) is 4.79 Å². The van der Waals surface area contributed by atoms with E-state index in [2.05, 4.69) is 31.9 Å². The fourth-order valence-electron chi connectivity index (χ4n) is 2.03. The van der Waals surface area contributed by atoms with Gasteiger partial charge in [-0.15, -0.1) is 0 Å². The Morgan fingerprint density at radius 1 is 1.05 bits per heavy atom. The first-order chi connectivity index (χ1) is 9.54. The number of hydrogen-bond acceptors (Lipinski definition) is 2. The van der Waals surface area contributed by atoms with Gasteiger partial charge in [-0.1, -0.05) is 45.8 Å². The van der Waals surface area contributed by atoms with E-state index in [1.54, 1.807) is 6.07 Å². The van der Waals surface area contributed by atoms with Gasteiger partial charge in [-0.3, -0.25) is 4.79 Å². The van der Waals surface area contributed by atoms with Gasteiger partial charge in [-0.05, 0) is 41.1 Å². The fourth-order valence-corrected chi connectivity index (χ4v) is 3.37. The summed E-state index contributed by atoms with van der Waals surface area (Å²) in [7, 11) is 0. The van der Waals surface area contributed by atoms with Gasteiger partial charge in [-0.2, -0.15) is 0 Å². The van der Waals surface area contributed by atoms with Crippen LogP contribution in [0.2, 0.25) is 0 Å². The van der Waals surface area contributed by atoms with Crippen molar-refractivity contribution in [1.29, 1.82) is 0 Å². The fraction of sp³-hybridized carbons (Fsp3) is 0.0625. The lowest BCUT2D eigenvalue weighted by Gasteiger charge is -1.98. The zero-order chi connectivity index (χ0) is 14.3. The van der Waals surface area contributed by atoms with E-state index >= 15 is 0 Å². The monoisotopic (exact) mass is 392 g/mol. The lowest BCUT2D eigenvalue weighted by molar-refractivity contribution is 0.101. The topological polar surface area (TPSA) is 30.2 Å². The Bertz CT molecular complexity index is 801. The van der Waals surface area contributed by atoms with Crippen LogP contribution in [-0.4, -0.2) is 5.78 Å². The van der Waals surface area contributed by atoms with Crippen LogP contribution >= 0.6 is 31.9 Å². The second kappa shape index (κ2) is 5.19. The van der Waals surface area contributed by atoms with E-state index in [-0.39, 0.29) is 5.78 Å². The smallest absolute Gasteiger partial charge is 0.228 e. The van der Waals surface area contributed by atoms with Crippen molar-refractivity contribution in [3.8, 4) is 0 Å². The van der Waals surface area contributed by atoms with E-state index in [0.717, 1.165) is 19.9 Å². The number of hydrogen-bond donors (Lipinski definition) is 0. The van der Waals surface area contributed by atoms with Crippen molar-refractivity contribution in [2.45, 2.75) is 6.92 Å². The van der Waals surface area contributed by atoms with Gasteiger partial charge in [0, 0.05) is 15.4 Å². The molecule has 0 radical (unpaired) electrons. The molecule has 0 N–H and O–H groups in total. The van der Waals surface area contributed by atoms with Crippen LogP contribution in [-0.2, 0) is 0 Å². The summed E-state index contributed by atoms with van der Waals surface area (Å²) >= 11 is 6.87. The number of carbonyl (C=O) groups excluding carboxylic acids is 1. The standard InChI is InChI=1S/C16H10Br2O2/c1-9-2-4-10(5-3-9)15(19)14-7-11-6-12(17)8-13(18)16(11)20-14/h2-8H,1H3. The highest BCUT2D eigenvalue weighted by atomic mass is 79.9. The molecule has 2 nitrogen and oxygen atoms in total. The summed E-state index contributed by atoms with van der Waals surface area (Å²) in [5.41, 5.74) is 2.44. The minimum absolute atomic E-state index is 0.107. The molecule has 3 rings (SSSR count). The first-order valence-electron chi connectivity index (χ1n) is 6.04. The molecule has 0 amide bonds. The van der Waals surface area contributed by atoms with Crippen LogP contribution in [0.15, 0.2) is 55.8 Å². The Morgan fingerprint density at radius 2 is 1.75 bits per heavy atom.